The molecule has 2 fully saturated rings. The van der Waals surface area contributed by atoms with E-state index in [1.165, 1.54) is 25.7 Å². The molecule has 1 heterocycles. The first kappa shape index (κ1) is 12.8. The maximum Gasteiger partial charge on any atom is 0.237 e. The molecule has 1 saturated carbocycles. The van der Waals surface area contributed by atoms with Crippen molar-refractivity contribution in [3.8, 4) is 0 Å². The lowest BCUT2D eigenvalue weighted by molar-refractivity contribution is -0.129. The second-order valence-corrected chi connectivity index (χ2v) is 5.48. The van der Waals surface area contributed by atoms with Crippen molar-refractivity contribution >= 4 is 5.91 Å². The molecule has 0 aromatic carbocycles. The van der Waals surface area contributed by atoms with Gasteiger partial charge < -0.3 is 9.64 Å². The largest absolute Gasteiger partial charge is 0.384 e. The Morgan fingerprint density at radius 3 is 2.82 bits per heavy atom. The van der Waals surface area contributed by atoms with Crippen LogP contribution in [0.2, 0.25) is 0 Å². The summed E-state index contributed by atoms with van der Waals surface area (Å²) in [6, 6.07) is 0. The zero-order valence-electron chi connectivity index (χ0n) is 10.9. The Kier molecular flexibility index (Phi) is 4.40. The third-order valence-corrected chi connectivity index (χ3v) is 3.92. The predicted molar refractivity (Wildman–Crippen MR) is 66.5 cm³/mol. The van der Waals surface area contributed by atoms with Crippen molar-refractivity contribution in [2.45, 2.75) is 38.8 Å². The maximum atomic E-state index is 11.9. The van der Waals surface area contributed by atoms with E-state index in [0.717, 1.165) is 13.2 Å². The Hall–Kier alpha value is -0.610. The predicted octanol–water partition coefficient (Wildman–Crippen LogP) is 1.22. The first-order valence-corrected chi connectivity index (χ1v) is 6.74. The lowest BCUT2D eigenvalue weighted by atomic mass is 10.0. The molecule has 0 aromatic heterocycles. The minimum Gasteiger partial charge on any atom is -0.384 e. The van der Waals surface area contributed by atoms with Gasteiger partial charge in [0.05, 0.1) is 19.3 Å². The van der Waals surface area contributed by atoms with E-state index in [1.807, 2.05) is 4.90 Å². The highest BCUT2D eigenvalue weighted by Gasteiger charge is 2.37. The van der Waals surface area contributed by atoms with Crippen molar-refractivity contribution < 1.29 is 9.53 Å². The smallest absolute Gasteiger partial charge is 0.237 e. The minimum absolute atomic E-state index is 0.254. The molecule has 2 atom stereocenters. The fourth-order valence-electron chi connectivity index (χ4n) is 3.14. The fourth-order valence-corrected chi connectivity index (χ4v) is 3.14. The van der Waals surface area contributed by atoms with Gasteiger partial charge in [-0.2, -0.15) is 0 Å². The number of carbonyl (C=O) groups excluding carboxylic acids is 1. The second kappa shape index (κ2) is 5.83. The number of carbonyl (C=O) groups is 1. The molecule has 0 radical (unpaired) electrons. The zero-order chi connectivity index (χ0) is 12.3. The van der Waals surface area contributed by atoms with Crippen molar-refractivity contribution in [3.05, 3.63) is 0 Å². The summed E-state index contributed by atoms with van der Waals surface area (Å²) in [5.74, 6) is 1.33. The third-order valence-electron chi connectivity index (χ3n) is 3.92. The molecule has 1 N–H and O–H groups in total. The fraction of sp³-hybridized carbons (Fsp3) is 0.923. The number of methoxy groups -OCH3 is 1. The van der Waals surface area contributed by atoms with Crippen LogP contribution in [-0.2, 0) is 9.53 Å². The average molecular weight is 240 g/mol. The van der Waals surface area contributed by atoms with Crippen LogP contribution >= 0.6 is 0 Å². The summed E-state index contributed by atoms with van der Waals surface area (Å²) in [5, 5.41) is 3.38. The molecule has 4 heteroatoms. The highest BCUT2D eigenvalue weighted by Crippen LogP contribution is 2.31. The monoisotopic (exact) mass is 240 g/mol. The molecule has 2 unspecified atom stereocenters. The number of nitrogens with zero attached hydrogens (tertiary/aromatic N) is 1. The summed E-state index contributed by atoms with van der Waals surface area (Å²) in [4.78, 5) is 13.9. The molecule has 1 saturated heterocycles. The number of amides is 1. The minimum atomic E-state index is 0.254. The molecule has 98 valence electrons. The van der Waals surface area contributed by atoms with Crippen LogP contribution in [0.4, 0.5) is 0 Å². The van der Waals surface area contributed by atoms with E-state index < -0.39 is 0 Å². The first-order valence-electron chi connectivity index (χ1n) is 6.74. The molecule has 0 spiro atoms. The molecular weight excluding hydrogens is 216 g/mol. The lowest BCUT2D eigenvalue weighted by Gasteiger charge is -2.31. The number of hydrogen-bond donors (Lipinski definition) is 1. The Morgan fingerprint density at radius 1 is 1.47 bits per heavy atom. The van der Waals surface area contributed by atoms with Gasteiger partial charge in [0.1, 0.15) is 0 Å². The van der Waals surface area contributed by atoms with E-state index in [2.05, 4.69) is 12.2 Å². The van der Waals surface area contributed by atoms with Gasteiger partial charge in [-0.3, -0.25) is 10.1 Å². The summed E-state index contributed by atoms with van der Waals surface area (Å²) < 4.78 is 5.15. The first-order chi connectivity index (χ1) is 8.22. The van der Waals surface area contributed by atoms with Crippen molar-refractivity contribution in [1.82, 2.24) is 10.2 Å². The topological polar surface area (TPSA) is 41.6 Å². The lowest BCUT2D eigenvalue weighted by Crippen LogP contribution is -2.44. The van der Waals surface area contributed by atoms with Crippen LogP contribution in [0.15, 0.2) is 0 Å². The number of rotatable bonds is 5. The molecule has 0 aromatic rings. The van der Waals surface area contributed by atoms with E-state index in [0.29, 0.717) is 18.4 Å². The van der Waals surface area contributed by atoms with Crippen molar-refractivity contribution in [3.63, 3.8) is 0 Å². The van der Waals surface area contributed by atoms with Gasteiger partial charge in [0, 0.05) is 13.7 Å². The standard InChI is InChI=1S/C13H24N2O2/c1-10(9-17-2)8-15-12(16)7-14-13(15)11-5-3-4-6-11/h10-11,13-14H,3-9H2,1-2H3. The van der Waals surface area contributed by atoms with Gasteiger partial charge in [0.15, 0.2) is 0 Å². The molecule has 1 amide bonds. The summed E-state index contributed by atoms with van der Waals surface area (Å²) >= 11 is 0. The number of nitrogens with one attached hydrogen (secondary N) is 1. The van der Waals surface area contributed by atoms with E-state index in [-0.39, 0.29) is 12.1 Å². The van der Waals surface area contributed by atoms with Gasteiger partial charge in [-0.15, -0.1) is 0 Å². The van der Waals surface area contributed by atoms with E-state index in [1.54, 1.807) is 7.11 Å². The van der Waals surface area contributed by atoms with Crippen LogP contribution in [0.5, 0.6) is 0 Å². The maximum absolute atomic E-state index is 11.9. The van der Waals surface area contributed by atoms with Crippen LogP contribution < -0.4 is 5.32 Å². The molecule has 1 aliphatic heterocycles. The molecular formula is C13H24N2O2. The Balaban J connectivity index is 1.93. The molecule has 0 bridgehead atoms. The van der Waals surface area contributed by atoms with Crippen LogP contribution in [0.25, 0.3) is 0 Å². The molecule has 2 aliphatic rings. The van der Waals surface area contributed by atoms with Gasteiger partial charge in [-0.25, -0.2) is 0 Å². The number of hydrogen-bond acceptors (Lipinski definition) is 3. The average Bonchev–Trinajstić information content (AvgIpc) is 2.90. The normalized spacial score (nSPS) is 28.0. The van der Waals surface area contributed by atoms with Crippen LogP contribution in [0.3, 0.4) is 0 Å². The molecule has 4 nitrogen and oxygen atoms in total. The summed E-state index contributed by atoms with van der Waals surface area (Å²) in [6.45, 7) is 4.20. The summed E-state index contributed by atoms with van der Waals surface area (Å²) in [7, 11) is 1.72. The Labute approximate surface area is 104 Å². The molecule has 2 rings (SSSR count). The van der Waals surface area contributed by atoms with Crippen LogP contribution in [-0.4, -0.2) is 43.8 Å². The van der Waals surface area contributed by atoms with Gasteiger partial charge >= 0.3 is 0 Å². The van der Waals surface area contributed by atoms with E-state index >= 15 is 0 Å². The summed E-state index contributed by atoms with van der Waals surface area (Å²) in [6.07, 6.45) is 5.45. The van der Waals surface area contributed by atoms with Crippen LogP contribution in [0.1, 0.15) is 32.6 Å². The van der Waals surface area contributed by atoms with Gasteiger partial charge in [-0.1, -0.05) is 19.8 Å². The molecule has 1 aliphatic carbocycles. The summed E-state index contributed by atoms with van der Waals surface area (Å²) in [5.41, 5.74) is 0. The van der Waals surface area contributed by atoms with Crippen molar-refractivity contribution in [2.24, 2.45) is 11.8 Å². The highest BCUT2D eigenvalue weighted by atomic mass is 16.5. The van der Waals surface area contributed by atoms with Crippen LogP contribution in [0, 0.1) is 11.8 Å². The van der Waals surface area contributed by atoms with Gasteiger partial charge in [0.2, 0.25) is 5.91 Å². The highest BCUT2D eigenvalue weighted by molar-refractivity contribution is 5.80. The van der Waals surface area contributed by atoms with Gasteiger partial charge in [-0.05, 0) is 24.7 Å². The number of ether oxygens (including phenoxy) is 1. The second-order valence-electron chi connectivity index (χ2n) is 5.48. The Bertz CT molecular complexity index is 264. The SMILES string of the molecule is COCC(C)CN1C(=O)CNC1C1CCCC1. The quantitative estimate of drug-likeness (QED) is 0.785. The molecule has 17 heavy (non-hydrogen) atoms. The zero-order valence-corrected chi connectivity index (χ0v) is 10.9. The van der Waals surface area contributed by atoms with Crippen molar-refractivity contribution in [1.29, 1.82) is 0 Å². The van der Waals surface area contributed by atoms with Gasteiger partial charge in [0.25, 0.3) is 0 Å². The van der Waals surface area contributed by atoms with Crippen molar-refractivity contribution in [2.75, 3.05) is 26.8 Å². The Morgan fingerprint density at radius 2 is 2.18 bits per heavy atom. The van der Waals surface area contributed by atoms with E-state index in [9.17, 15) is 4.79 Å². The third kappa shape index (κ3) is 2.99. The van der Waals surface area contributed by atoms with E-state index in [4.69, 9.17) is 4.74 Å².